The van der Waals surface area contributed by atoms with E-state index in [4.69, 9.17) is 4.74 Å². The molecule has 4 nitrogen and oxygen atoms in total. The van der Waals surface area contributed by atoms with E-state index >= 15 is 0 Å². The highest BCUT2D eigenvalue weighted by Crippen LogP contribution is 2.12. The Kier molecular flexibility index (Phi) is 5.49. The maximum absolute atomic E-state index is 11.9. The SMILES string of the molecule is C=CCOc1ccc(C(=O)NN=Cc2cccc(C)c2)cc1. The second-order valence-corrected chi connectivity index (χ2v) is 4.74. The number of hydrogen-bond donors (Lipinski definition) is 1. The molecule has 112 valence electrons. The Labute approximate surface area is 130 Å². The highest BCUT2D eigenvalue weighted by atomic mass is 16.5. The lowest BCUT2D eigenvalue weighted by molar-refractivity contribution is 0.0955. The molecule has 0 bridgehead atoms. The van der Waals surface area contributed by atoms with Gasteiger partial charge in [0.25, 0.3) is 5.91 Å². The molecule has 0 aromatic heterocycles. The lowest BCUT2D eigenvalue weighted by Gasteiger charge is -2.04. The van der Waals surface area contributed by atoms with Gasteiger partial charge in [-0.05, 0) is 36.8 Å². The molecule has 0 fully saturated rings. The largest absolute Gasteiger partial charge is 0.490 e. The van der Waals surface area contributed by atoms with Crippen LogP contribution in [0.25, 0.3) is 0 Å². The van der Waals surface area contributed by atoms with Crippen molar-refractivity contribution in [2.75, 3.05) is 6.61 Å². The van der Waals surface area contributed by atoms with Gasteiger partial charge < -0.3 is 4.74 Å². The maximum Gasteiger partial charge on any atom is 0.271 e. The second-order valence-electron chi connectivity index (χ2n) is 4.74. The molecule has 0 heterocycles. The van der Waals surface area contributed by atoms with Crippen molar-refractivity contribution in [3.05, 3.63) is 77.9 Å². The van der Waals surface area contributed by atoms with Crippen LogP contribution in [0.4, 0.5) is 0 Å². The van der Waals surface area contributed by atoms with Gasteiger partial charge in [0.1, 0.15) is 12.4 Å². The van der Waals surface area contributed by atoms with Gasteiger partial charge in [-0.25, -0.2) is 5.43 Å². The number of carbonyl (C=O) groups excluding carboxylic acids is 1. The number of benzene rings is 2. The standard InChI is InChI=1S/C18H18N2O2/c1-3-11-22-17-9-7-16(8-10-17)18(21)20-19-13-15-6-4-5-14(2)12-15/h3-10,12-13H,1,11H2,2H3,(H,20,21). The third kappa shape index (κ3) is 4.59. The van der Waals surface area contributed by atoms with Crippen LogP contribution in [-0.4, -0.2) is 18.7 Å². The van der Waals surface area contributed by atoms with E-state index in [0.29, 0.717) is 17.9 Å². The van der Waals surface area contributed by atoms with E-state index in [2.05, 4.69) is 17.1 Å². The van der Waals surface area contributed by atoms with Gasteiger partial charge in [0.05, 0.1) is 6.21 Å². The minimum absolute atomic E-state index is 0.265. The first-order valence-corrected chi connectivity index (χ1v) is 6.93. The van der Waals surface area contributed by atoms with E-state index in [1.165, 1.54) is 0 Å². The fourth-order valence-electron chi connectivity index (χ4n) is 1.84. The molecule has 0 aliphatic carbocycles. The van der Waals surface area contributed by atoms with E-state index in [-0.39, 0.29) is 5.91 Å². The molecule has 1 N–H and O–H groups in total. The van der Waals surface area contributed by atoms with Gasteiger partial charge >= 0.3 is 0 Å². The fraction of sp³-hybridized carbons (Fsp3) is 0.111. The third-order valence-electron chi connectivity index (χ3n) is 2.91. The quantitative estimate of drug-likeness (QED) is 0.505. The number of nitrogens with one attached hydrogen (secondary N) is 1. The minimum Gasteiger partial charge on any atom is -0.490 e. The number of ether oxygens (including phenoxy) is 1. The number of carbonyl (C=O) groups is 1. The molecule has 4 heteroatoms. The molecule has 0 spiro atoms. The van der Waals surface area contributed by atoms with Crippen LogP contribution in [0.3, 0.4) is 0 Å². The monoisotopic (exact) mass is 294 g/mol. The molecular formula is C18H18N2O2. The molecule has 0 saturated carbocycles. The van der Waals surface area contributed by atoms with Crippen LogP contribution in [0.2, 0.25) is 0 Å². The van der Waals surface area contributed by atoms with Crippen molar-refractivity contribution in [1.29, 1.82) is 0 Å². The molecule has 1 amide bonds. The van der Waals surface area contributed by atoms with Crippen molar-refractivity contribution in [3.8, 4) is 5.75 Å². The summed E-state index contributed by atoms with van der Waals surface area (Å²) in [5.74, 6) is 0.430. The Morgan fingerprint density at radius 1 is 1.27 bits per heavy atom. The van der Waals surface area contributed by atoms with Crippen molar-refractivity contribution in [2.24, 2.45) is 5.10 Å². The lowest BCUT2D eigenvalue weighted by Crippen LogP contribution is -2.17. The summed E-state index contributed by atoms with van der Waals surface area (Å²) in [5.41, 5.74) is 5.11. The molecule has 22 heavy (non-hydrogen) atoms. The molecule has 2 rings (SSSR count). The average Bonchev–Trinajstić information content (AvgIpc) is 2.53. The molecular weight excluding hydrogens is 276 g/mol. The zero-order chi connectivity index (χ0) is 15.8. The number of rotatable bonds is 6. The zero-order valence-electron chi connectivity index (χ0n) is 12.5. The number of hydrogen-bond acceptors (Lipinski definition) is 3. The summed E-state index contributed by atoms with van der Waals surface area (Å²) < 4.78 is 5.36. The van der Waals surface area contributed by atoms with Crippen LogP contribution >= 0.6 is 0 Å². The highest BCUT2D eigenvalue weighted by Gasteiger charge is 2.04. The van der Waals surface area contributed by atoms with Gasteiger partial charge in [-0.1, -0.05) is 42.5 Å². The number of nitrogens with zero attached hydrogens (tertiary/aromatic N) is 1. The Morgan fingerprint density at radius 2 is 2.05 bits per heavy atom. The smallest absolute Gasteiger partial charge is 0.271 e. The van der Waals surface area contributed by atoms with Crippen molar-refractivity contribution in [1.82, 2.24) is 5.43 Å². The number of amides is 1. The van der Waals surface area contributed by atoms with E-state index in [9.17, 15) is 4.79 Å². The van der Waals surface area contributed by atoms with Gasteiger partial charge in [-0.2, -0.15) is 5.10 Å². The normalized spacial score (nSPS) is 10.4. The van der Waals surface area contributed by atoms with Gasteiger partial charge in [0.15, 0.2) is 0 Å². The maximum atomic E-state index is 11.9. The third-order valence-corrected chi connectivity index (χ3v) is 2.91. The Bertz CT molecular complexity index is 676. The minimum atomic E-state index is -0.265. The average molecular weight is 294 g/mol. The van der Waals surface area contributed by atoms with Gasteiger partial charge in [0.2, 0.25) is 0 Å². The van der Waals surface area contributed by atoms with E-state index in [1.54, 1.807) is 36.6 Å². The summed E-state index contributed by atoms with van der Waals surface area (Å²) in [6, 6.07) is 14.7. The van der Waals surface area contributed by atoms with Crippen molar-refractivity contribution in [3.63, 3.8) is 0 Å². The summed E-state index contributed by atoms with van der Waals surface area (Å²) in [4.78, 5) is 11.9. The summed E-state index contributed by atoms with van der Waals surface area (Å²) in [7, 11) is 0. The molecule has 2 aromatic rings. The zero-order valence-corrected chi connectivity index (χ0v) is 12.5. The van der Waals surface area contributed by atoms with E-state index in [1.807, 2.05) is 31.2 Å². The van der Waals surface area contributed by atoms with Gasteiger partial charge in [0, 0.05) is 5.56 Å². The highest BCUT2D eigenvalue weighted by molar-refractivity contribution is 5.95. The van der Waals surface area contributed by atoms with Crippen LogP contribution in [0.5, 0.6) is 5.75 Å². The second kappa shape index (κ2) is 7.78. The molecule has 0 aliphatic rings. The summed E-state index contributed by atoms with van der Waals surface area (Å²) in [5, 5.41) is 3.96. The molecule has 0 unspecified atom stereocenters. The van der Waals surface area contributed by atoms with Crippen LogP contribution in [-0.2, 0) is 0 Å². The summed E-state index contributed by atoms with van der Waals surface area (Å²) in [6.07, 6.45) is 3.28. The summed E-state index contributed by atoms with van der Waals surface area (Å²) in [6.45, 7) is 6.02. The predicted octanol–water partition coefficient (Wildman–Crippen LogP) is 3.32. The van der Waals surface area contributed by atoms with Gasteiger partial charge in [-0.3, -0.25) is 4.79 Å². The molecule has 0 radical (unpaired) electrons. The lowest BCUT2D eigenvalue weighted by atomic mass is 10.2. The van der Waals surface area contributed by atoms with Gasteiger partial charge in [-0.15, -0.1) is 0 Å². The molecule has 0 aliphatic heterocycles. The predicted molar refractivity (Wildman–Crippen MR) is 88.4 cm³/mol. The van der Waals surface area contributed by atoms with Crippen molar-refractivity contribution < 1.29 is 9.53 Å². The Morgan fingerprint density at radius 3 is 2.73 bits per heavy atom. The molecule has 0 atom stereocenters. The summed E-state index contributed by atoms with van der Waals surface area (Å²) >= 11 is 0. The first kappa shape index (κ1) is 15.5. The number of hydrazone groups is 1. The topological polar surface area (TPSA) is 50.7 Å². The van der Waals surface area contributed by atoms with Crippen molar-refractivity contribution >= 4 is 12.1 Å². The fourth-order valence-corrected chi connectivity index (χ4v) is 1.84. The number of aryl methyl sites for hydroxylation is 1. The van der Waals surface area contributed by atoms with Crippen LogP contribution in [0.15, 0.2) is 66.3 Å². The van der Waals surface area contributed by atoms with Crippen LogP contribution < -0.4 is 10.2 Å². The Hall–Kier alpha value is -2.88. The van der Waals surface area contributed by atoms with Crippen LogP contribution in [0.1, 0.15) is 21.5 Å². The van der Waals surface area contributed by atoms with E-state index < -0.39 is 0 Å². The van der Waals surface area contributed by atoms with Crippen molar-refractivity contribution in [2.45, 2.75) is 6.92 Å². The Balaban J connectivity index is 1.93. The first-order valence-electron chi connectivity index (χ1n) is 6.93. The van der Waals surface area contributed by atoms with E-state index in [0.717, 1.165) is 11.1 Å². The first-order chi connectivity index (χ1) is 10.7. The van der Waals surface area contributed by atoms with Crippen LogP contribution in [0, 0.1) is 6.92 Å². The molecule has 0 saturated heterocycles. The molecule has 2 aromatic carbocycles.